The van der Waals surface area contributed by atoms with E-state index in [2.05, 4.69) is 4.98 Å². The number of nitrogens with two attached hydrogens (primary N) is 1. The Bertz CT molecular complexity index is 319. The van der Waals surface area contributed by atoms with Crippen LogP contribution < -0.4 is 5.73 Å². The van der Waals surface area contributed by atoms with Gasteiger partial charge < -0.3 is 5.73 Å². The van der Waals surface area contributed by atoms with Crippen molar-refractivity contribution in [1.29, 1.82) is 0 Å². The quantitative estimate of drug-likeness (QED) is 0.866. The highest BCUT2D eigenvalue weighted by Gasteiger charge is 2.27. The van der Waals surface area contributed by atoms with Crippen molar-refractivity contribution < 1.29 is 13.2 Å². The summed E-state index contributed by atoms with van der Waals surface area (Å²) in [5, 5.41) is 0. The summed E-state index contributed by atoms with van der Waals surface area (Å²) in [6.07, 6.45) is -3.18. The zero-order valence-corrected chi connectivity index (χ0v) is 9.09. The van der Waals surface area contributed by atoms with E-state index in [0.717, 1.165) is 5.56 Å². The van der Waals surface area contributed by atoms with Gasteiger partial charge in [0.05, 0.1) is 0 Å². The van der Waals surface area contributed by atoms with Crippen LogP contribution >= 0.6 is 0 Å². The first-order chi connectivity index (χ1) is 7.42. The summed E-state index contributed by atoms with van der Waals surface area (Å²) in [6, 6.07) is 3.54. The Hall–Kier alpha value is -1.10. The number of pyridine rings is 1. The van der Waals surface area contributed by atoms with Gasteiger partial charge in [-0.25, -0.2) is 0 Å². The Morgan fingerprint density at radius 2 is 2.06 bits per heavy atom. The Morgan fingerprint density at radius 1 is 1.38 bits per heavy atom. The van der Waals surface area contributed by atoms with Crippen LogP contribution in [0.25, 0.3) is 0 Å². The average Bonchev–Trinajstić information content (AvgIpc) is 2.25. The van der Waals surface area contributed by atoms with Crippen molar-refractivity contribution in [3.8, 4) is 0 Å². The Labute approximate surface area is 92.7 Å². The maximum Gasteiger partial charge on any atom is 0.389 e. The molecule has 2 N–H and O–H groups in total. The molecule has 16 heavy (non-hydrogen) atoms. The molecule has 0 amide bonds. The van der Waals surface area contributed by atoms with Gasteiger partial charge in [0, 0.05) is 24.9 Å². The molecule has 0 aromatic carbocycles. The van der Waals surface area contributed by atoms with E-state index in [1.807, 2.05) is 0 Å². The lowest BCUT2D eigenvalue weighted by atomic mass is 10.0. The predicted octanol–water partition coefficient (Wildman–Crippen LogP) is 2.99. The minimum absolute atomic E-state index is 0.0679. The zero-order chi connectivity index (χ0) is 12.2. The highest BCUT2D eigenvalue weighted by atomic mass is 19.4. The summed E-state index contributed by atoms with van der Waals surface area (Å²) < 4.78 is 36.0. The zero-order valence-electron chi connectivity index (χ0n) is 9.09. The molecule has 1 atom stereocenters. The minimum Gasteiger partial charge on any atom is -0.326 e. The monoisotopic (exact) mass is 232 g/mol. The van der Waals surface area contributed by atoms with Crippen LogP contribution in [0.3, 0.4) is 0 Å². The van der Waals surface area contributed by atoms with Crippen LogP contribution in [-0.2, 0) is 6.54 Å². The van der Waals surface area contributed by atoms with Crippen molar-refractivity contribution in [3.05, 3.63) is 29.6 Å². The van der Waals surface area contributed by atoms with Crippen LogP contribution in [0, 0.1) is 0 Å². The van der Waals surface area contributed by atoms with Gasteiger partial charge in [-0.3, -0.25) is 4.98 Å². The summed E-state index contributed by atoms with van der Waals surface area (Å²) in [7, 11) is 0. The van der Waals surface area contributed by atoms with Gasteiger partial charge in [0.1, 0.15) is 0 Å². The third kappa shape index (κ3) is 4.18. The second kappa shape index (κ2) is 5.30. The number of aromatic nitrogens is 1. The second-order valence-corrected chi connectivity index (χ2v) is 3.85. The minimum atomic E-state index is -4.09. The van der Waals surface area contributed by atoms with E-state index in [9.17, 15) is 13.2 Å². The van der Waals surface area contributed by atoms with Gasteiger partial charge in [0.15, 0.2) is 0 Å². The summed E-state index contributed by atoms with van der Waals surface area (Å²) in [6.45, 7) is 2.14. The highest BCUT2D eigenvalue weighted by Crippen LogP contribution is 2.27. The van der Waals surface area contributed by atoms with Gasteiger partial charge in [0.25, 0.3) is 0 Å². The van der Waals surface area contributed by atoms with Crippen molar-refractivity contribution in [3.63, 3.8) is 0 Å². The number of rotatable bonds is 4. The Kier molecular flexibility index (Phi) is 4.29. The second-order valence-electron chi connectivity index (χ2n) is 3.85. The van der Waals surface area contributed by atoms with Crippen LogP contribution in [0.5, 0.6) is 0 Å². The third-order valence-corrected chi connectivity index (χ3v) is 2.45. The van der Waals surface area contributed by atoms with Crippen LogP contribution in [-0.4, -0.2) is 11.2 Å². The fraction of sp³-hybridized carbons (Fsp3) is 0.545. The molecule has 0 fully saturated rings. The molecule has 0 aliphatic rings. The van der Waals surface area contributed by atoms with Crippen LogP contribution in [0.1, 0.15) is 36.9 Å². The molecule has 5 heteroatoms. The van der Waals surface area contributed by atoms with E-state index in [1.165, 1.54) is 0 Å². The lowest BCUT2D eigenvalue weighted by molar-refractivity contribution is -0.136. The fourth-order valence-corrected chi connectivity index (χ4v) is 1.38. The topological polar surface area (TPSA) is 38.9 Å². The molecule has 2 nitrogen and oxygen atoms in total. The molecule has 1 rings (SSSR count). The smallest absolute Gasteiger partial charge is 0.326 e. The SMILES string of the molecule is CC(CCC(F)(F)F)c1ccc(CN)cn1. The van der Waals surface area contributed by atoms with Crippen molar-refractivity contribution >= 4 is 0 Å². The van der Waals surface area contributed by atoms with Crippen molar-refractivity contribution in [2.45, 2.75) is 38.4 Å². The molecule has 0 saturated carbocycles. The predicted molar refractivity (Wildman–Crippen MR) is 55.8 cm³/mol. The summed E-state index contributed by atoms with van der Waals surface area (Å²) >= 11 is 0. The normalized spacial score (nSPS) is 13.8. The number of halogens is 3. The average molecular weight is 232 g/mol. The van der Waals surface area contributed by atoms with E-state index >= 15 is 0 Å². The molecule has 1 aromatic heterocycles. The van der Waals surface area contributed by atoms with Crippen molar-refractivity contribution in [2.75, 3.05) is 0 Å². The van der Waals surface area contributed by atoms with Crippen molar-refractivity contribution in [2.24, 2.45) is 5.73 Å². The molecule has 0 aliphatic carbocycles. The van der Waals surface area contributed by atoms with Crippen LogP contribution in [0.2, 0.25) is 0 Å². The van der Waals surface area contributed by atoms with Gasteiger partial charge in [-0.05, 0) is 24.0 Å². The maximum atomic E-state index is 12.0. The molecular weight excluding hydrogens is 217 g/mol. The fourth-order valence-electron chi connectivity index (χ4n) is 1.38. The van der Waals surface area contributed by atoms with E-state index in [1.54, 1.807) is 25.3 Å². The molecule has 0 radical (unpaired) electrons. The molecule has 1 heterocycles. The summed E-state index contributed by atoms with van der Waals surface area (Å²) in [4.78, 5) is 4.10. The Morgan fingerprint density at radius 3 is 2.50 bits per heavy atom. The highest BCUT2D eigenvalue weighted by molar-refractivity contribution is 5.16. The molecule has 0 spiro atoms. The van der Waals surface area contributed by atoms with Gasteiger partial charge in [0.2, 0.25) is 0 Å². The summed E-state index contributed by atoms with van der Waals surface area (Å²) in [5.74, 6) is -0.187. The first-order valence-electron chi connectivity index (χ1n) is 5.14. The number of alkyl halides is 3. The molecular formula is C11H15F3N2. The van der Waals surface area contributed by atoms with Gasteiger partial charge >= 0.3 is 6.18 Å². The number of hydrogen-bond donors (Lipinski definition) is 1. The summed E-state index contributed by atoms with van der Waals surface area (Å²) in [5.41, 5.74) is 6.97. The van der Waals surface area contributed by atoms with Crippen LogP contribution in [0.15, 0.2) is 18.3 Å². The van der Waals surface area contributed by atoms with Crippen LogP contribution in [0.4, 0.5) is 13.2 Å². The van der Waals surface area contributed by atoms with Gasteiger partial charge in [-0.2, -0.15) is 13.2 Å². The Balaban J connectivity index is 2.56. The third-order valence-electron chi connectivity index (χ3n) is 2.45. The largest absolute Gasteiger partial charge is 0.389 e. The molecule has 0 bridgehead atoms. The molecule has 0 saturated heterocycles. The lowest BCUT2D eigenvalue weighted by Crippen LogP contribution is -2.09. The van der Waals surface area contributed by atoms with E-state index in [0.29, 0.717) is 12.2 Å². The molecule has 1 unspecified atom stereocenters. The number of nitrogens with zero attached hydrogens (tertiary/aromatic N) is 1. The van der Waals surface area contributed by atoms with E-state index < -0.39 is 12.6 Å². The van der Waals surface area contributed by atoms with E-state index in [-0.39, 0.29) is 12.3 Å². The van der Waals surface area contributed by atoms with Gasteiger partial charge in [-0.15, -0.1) is 0 Å². The first-order valence-corrected chi connectivity index (χ1v) is 5.14. The maximum absolute atomic E-state index is 12.0. The van der Waals surface area contributed by atoms with E-state index in [4.69, 9.17) is 5.73 Å². The molecule has 1 aromatic rings. The lowest BCUT2D eigenvalue weighted by Gasteiger charge is -2.12. The standard InChI is InChI=1S/C11H15F3N2/c1-8(4-5-11(12,13)14)10-3-2-9(6-15)7-16-10/h2-3,7-8H,4-6,15H2,1H3. The van der Waals surface area contributed by atoms with Gasteiger partial charge in [-0.1, -0.05) is 13.0 Å². The first kappa shape index (κ1) is 13.0. The number of hydrogen-bond acceptors (Lipinski definition) is 2. The van der Waals surface area contributed by atoms with Crippen molar-refractivity contribution in [1.82, 2.24) is 4.98 Å². The molecule has 0 aliphatic heterocycles. The molecule has 90 valence electrons.